The van der Waals surface area contributed by atoms with E-state index >= 15 is 0 Å². The molecule has 1 heterocycles. The molecule has 1 aliphatic heterocycles. The van der Waals surface area contributed by atoms with Crippen LogP contribution < -0.4 is 5.32 Å². The van der Waals surface area contributed by atoms with E-state index in [4.69, 9.17) is 0 Å². The minimum atomic E-state index is 0.236. The van der Waals surface area contributed by atoms with Crippen LogP contribution in [-0.4, -0.2) is 72.9 Å². The van der Waals surface area contributed by atoms with Crippen molar-refractivity contribution in [3.05, 3.63) is 0 Å². The first kappa shape index (κ1) is 15.9. The highest BCUT2D eigenvalue weighted by Gasteiger charge is 2.27. The van der Waals surface area contributed by atoms with Crippen LogP contribution in [0.2, 0.25) is 0 Å². The molecule has 4 heteroatoms. The fourth-order valence-electron chi connectivity index (χ4n) is 2.86. The van der Waals surface area contributed by atoms with Crippen LogP contribution in [0.15, 0.2) is 0 Å². The monoisotopic (exact) mass is 257 g/mol. The molecule has 0 saturated carbocycles. The van der Waals surface area contributed by atoms with E-state index in [-0.39, 0.29) is 12.6 Å². The van der Waals surface area contributed by atoms with Crippen molar-refractivity contribution in [2.24, 2.45) is 0 Å². The predicted octanol–water partition coefficient (Wildman–Crippen LogP) is 0.763. The molecular formula is C14H31N3O. The lowest BCUT2D eigenvalue weighted by Crippen LogP contribution is -2.44. The molecule has 0 radical (unpaired) electrons. The van der Waals surface area contributed by atoms with Gasteiger partial charge < -0.3 is 15.3 Å². The van der Waals surface area contributed by atoms with Gasteiger partial charge in [0.05, 0.1) is 6.61 Å². The first-order valence-corrected chi connectivity index (χ1v) is 7.55. The van der Waals surface area contributed by atoms with Crippen molar-refractivity contribution in [2.45, 2.75) is 45.7 Å². The Kier molecular flexibility index (Phi) is 7.82. The Morgan fingerprint density at radius 1 is 1.33 bits per heavy atom. The molecule has 2 unspecified atom stereocenters. The van der Waals surface area contributed by atoms with Crippen molar-refractivity contribution in [1.29, 1.82) is 0 Å². The Morgan fingerprint density at radius 3 is 2.61 bits per heavy atom. The molecule has 18 heavy (non-hydrogen) atoms. The molecule has 0 aromatic carbocycles. The molecule has 1 aliphatic rings. The van der Waals surface area contributed by atoms with E-state index < -0.39 is 0 Å². The van der Waals surface area contributed by atoms with E-state index in [0.29, 0.717) is 6.04 Å². The summed E-state index contributed by atoms with van der Waals surface area (Å²) >= 11 is 0. The summed E-state index contributed by atoms with van der Waals surface area (Å²) in [4.78, 5) is 5.04. The van der Waals surface area contributed by atoms with E-state index in [9.17, 15) is 5.11 Å². The summed E-state index contributed by atoms with van der Waals surface area (Å²) in [5.74, 6) is 0. The van der Waals surface area contributed by atoms with Gasteiger partial charge in [-0.1, -0.05) is 20.8 Å². The predicted molar refractivity (Wildman–Crippen MR) is 76.9 cm³/mol. The van der Waals surface area contributed by atoms with Gasteiger partial charge >= 0.3 is 0 Å². The molecule has 0 amide bonds. The highest BCUT2D eigenvalue weighted by molar-refractivity contribution is 4.85. The van der Waals surface area contributed by atoms with E-state index in [1.165, 1.54) is 13.0 Å². The van der Waals surface area contributed by atoms with E-state index in [1.807, 2.05) is 0 Å². The fraction of sp³-hybridized carbons (Fsp3) is 1.00. The molecule has 2 atom stereocenters. The summed E-state index contributed by atoms with van der Waals surface area (Å²) in [6.45, 7) is 13.5. The summed E-state index contributed by atoms with van der Waals surface area (Å²) in [7, 11) is 0. The van der Waals surface area contributed by atoms with Gasteiger partial charge in [-0.3, -0.25) is 4.90 Å². The number of rotatable bonds is 9. The van der Waals surface area contributed by atoms with Crippen LogP contribution in [0.5, 0.6) is 0 Å². The maximum absolute atomic E-state index is 9.38. The molecule has 0 aromatic heterocycles. The third-order valence-corrected chi connectivity index (χ3v) is 3.96. The maximum Gasteiger partial charge on any atom is 0.0597 e. The molecule has 0 bridgehead atoms. The molecular weight excluding hydrogens is 226 g/mol. The second kappa shape index (κ2) is 8.86. The molecule has 1 fully saturated rings. The van der Waals surface area contributed by atoms with Crippen LogP contribution in [0, 0.1) is 0 Å². The number of hydrogen-bond donors (Lipinski definition) is 2. The van der Waals surface area contributed by atoms with Crippen LogP contribution >= 0.6 is 0 Å². The normalized spacial score (nSPS) is 22.8. The number of hydrogen-bond acceptors (Lipinski definition) is 4. The maximum atomic E-state index is 9.38. The summed E-state index contributed by atoms with van der Waals surface area (Å²) in [6.07, 6.45) is 2.40. The minimum Gasteiger partial charge on any atom is -0.395 e. The zero-order valence-corrected chi connectivity index (χ0v) is 12.4. The van der Waals surface area contributed by atoms with E-state index in [1.54, 1.807) is 0 Å². The van der Waals surface area contributed by atoms with Crippen LogP contribution in [-0.2, 0) is 0 Å². The third kappa shape index (κ3) is 4.84. The average Bonchev–Trinajstić information content (AvgIpc) is 2.84. The zero-order valence-electron chi connectivity index (χ0n) is 12.4. The highest BCUT2D eigenvalue weighted by Crippen LogP contribution is 2.15. The summed E-state index contributed by atoms with van der Waals surface area (Å²) in [5, 5.41) is 12.8. The Balaban J connectivity index is 2.32. The van der Waals surface area contributed by atoms with Crippen molar-refractivity contribution in [2.75, 3.05) is 45.9 Å². The van der Waals surface area contributed by atoms with Gasteiger partial charge in [0, 0.05) is 25.2 Å². The largest absolute Gasteiger partial charge is 0.395 e. The molecule has 2 N–H and O–H groups in total. The van der Waals surface area contributed by atoms with Gasteiger partial charge in [-0.05, 0) is 39.0 Å². The first-order valence-electron chi connectivity index (χ1n) is 7.55. The van der Waals surface area contributed by atoms with Gasteiger partial charge in [0.25, 0.3) is 0 Å². The van der Waals surface area contributed by atoms with Gasteiger partial charge in [0.2, 0.25) is 0 Å². The number of likely N-dealkylation sites (N-methyl/N-ethyl adjacent to an activating group) is 1. The standard InChI is InChI=1S/C14H31N3O/c1-4-8-15-13(12-18)10-16-9-7-14(11-16)17(5-2)6-3/h13-15,18H,4-12H2,1-3H3. The second-order valence-electron chi connectivity index (χ2n) is 5.26. The van der Waals surface area contributed by atoms with Crippen molar-refractivity contribution >= 4 is 0 Å². The van der Waals surface area contributed by atoms with Crippen molar-refractivity contribution in [3.63, 3.8) is 0 Å². The number of aliphatic hydroxyl groups excluding tert-OH is 1. The molecule has 1 rings (SSSR count). The summed E-state index contributed by atoms with van der Waals surface area (Å²) < 4.78 is 0. The average molecular weight is 257 g/mol. The molecule has 108 valence electrons. The lowest BCUT2D eigenvalue weighted by atomic mass is 10.2. The summed E-state index contributed by atoms with van der Waals surface area (Å²) in [5.41, 5.74) is 0. The quantitative estimate of drug-likeness (QED) is 0.640. The second-order valence-corrected chi connectivity index (χ2v) is 5.26. The number of aliphatic hydroxyl groups is 1. The van der Waals surface area contributed by atoms with Crippen LogP contribution in [0.4, 0.5) is 0 Å². The molecule has 0 aromatic rings. The highest BCUT2D eigenvalue weighted by atomic mass is 16.3. The zero-order chi connectivity index (χ0) is 13.4. The lowest BCUT2D eigenvalue weighted by Gasteiger charge is -2.27. The topological polar surface area (TPSA) is 38.7 Å². The molecule has 0 aliphatic carbocycles. The smallest absolute Gasteiger partial charge is 0.0597 e. The Morgan fingerprint density at radius 2 is 2.06 bits per heavy atom. The Hall–Kier alpha value is -0.160. The molecule has 4 nitrogen and oxygen atoms in total. The van der Waals surface area contributed by atoms with Crippen LogP contribution in [0.25, 0.3) is 0 Å². The van der Waals surface area contributed by atoms with Gasteiger partial charge in [0.1, 0.15) is 0 Å². The summed E-state index contributed by atoms with van der Waals surface area (Å²) in [6, 6.07) is 0.950. The van der Waals surface area contributed by atoms with Crippen molar-refractivity contribution in [1.82, 2.24) is 15.1 Å². The van der Waals surface area contributed by atoms with Gasteiger partial charge in [0.15, 0.2) is 0 Å². The number of likely N-dealkylation sites (tertiary alicyclic amines) is 1. The third-order valence-electron chi connectivity index (χ3n) is 3.96. The minimum absolute atomic E-state index is 0.236. The first-order chi connectivity index (χ1) is 8.74. The molecule has 1 saturated heterocycles. The van der Waals surface area contributed by atoms with Crippen molar-refractivity contribution in [3.8, 4) is 0 Å². The molecule has 0 spiro atoms. The van der Waals surface area contributed by atoms with Crippen molar-refractivity contribution < 1.29 is 5.11 Å². The number of nitrogens with zero attached hydrogens (tertiary/aromatic N) is 2. The number of nitrogens with one attached hydrogen (secondary N) is 1. The SMILES string of the molecule is CCCNC(CO)CN1CCC(N(CC)CC)C1. The van der Waals surface area contributed by atoms with E-state index in [2.05, 4.69) is 35.9 Å². The Labute approximate surface area is 112 Å². The van der Waals surface area contributed by atoms with Gasteiger partial charge in [-0.25, -0.2) is 0 Å². The Bertz CT molecular complexity index is 209. The van der Waals surface area contributed by atoms with Crippen LogP contribution in [0.3, 0.4) is 0 Å². The lowest BCUT2D eigenvalue weighted by molar-refractivity contribution is 0.180. The van der Waals surface area contributed by atoms with Gasteiger partial charge in [-0.2, -0.15) is 0 Å². The fourth-order valence-corrected chi connectivity index (χ4v) is 2.86. The van der Waals surface area contributed by atoms with E-state index in [0.717, 1.165) is 39.1 Å². The van der Waals surface area contributed by atoms with Gasteiger partial charge in [-0.15, -0.1) is 0 Å². The van der Waals surface area contributed by atoms with Crippen LogP contribution in [0.1, 0.15) is 33.6 Å².